The Bertz CT molecular complexity index is 3440. The quantitative estimate of drug-likeness (QED) is 0.178. The van der Waals surface area contributed by atoms with Crippen molar-refractivity contribution in [2.45, 2.75) is 0 Å². The highest BCUT2D eigenvalue weighted by Crippen LogP contribution is 2.45. The van der Waals surface area contributed by atoms with E-state index in [1.54, 1.807) is 0 Å². The van der Waals surface area contributed by atoms with Crippen LogP contribution < -0.4 is 4.90 Å². The summed E-state index contributed by atoms with van der Waals surface area (Å²) in [5, 5.41) is 9.23. The minimum absolute atomic E-state index is 0.853. The fraction of sp³-hybridized carbons (Fsp3) is 0. The first-order chi connectivity index (χ1) is 27.8. The van der Waals surface area contributed by atoms with Crippen molar-refractivity contribution in [3.8, 4) is 16.8 Å². The lowest BCUT2D eigenvalue weighted by molar-refractivity contribution is 0.669. The van der Waals surface area contributed by atoms with Gasteiger partial charge < -0.3 is 18.3 Å². The summed E-state index contributed by atoms with van der Waals surface area (Å²) in [5.41, 5.74) is 12.4. The summed E-state index contributed by atoms with van der Waals surface area (Å²) in [6, 6.07) is 69.1. The van der Waals surface area contributed by atoms with E-state index in [2.05, 4.69) is 191 Å². The molecule has 0 spiro atoms. The van der Waals surface area contributed by atoms with Gasteiger partial charge in [-0.15, -0.1) is 0 Å². The van der Waals surface area contributed by atoms with Crippen LogP contribution in [0, 0.1) is 0 Å². The Morgan fingerprint density at radius 3 is 1.82 bits per heavy atom. The van der Waals surface area contributed by atoms with Crippen LogP contribution in [-0.2, 0) is 0 Å². The van der Waals surface area contributed by atoms with Gasteiger partial charge in [0.15, 0.2) is 0 Å². The van der Waals surface area contributed by atoms with Crippen LogP contribution in [0.4, 0.5) is 17.1 Å². The molecule has 0 N–H and O–H groups in total. The van der Waals surface area contributed by atoms with Crippen molar-refractivity contribution in [2.75, 3.05) is 4.90 Å². The molecule has 56 heavy (non-hydrogen) atoms. The lowest BCUT2D eigenvalue weighted by atomic mass is 9.99. The lowest BCUT2D eigenvalue weighted by Crippen LogP contribution is -2.11. The second kappa shape index (κ2) is 12.0. The number of furan rings is 2. The summed E-state index contributed by atoms with van der Waals surface area (Å²) in [5.74, 6) is 0. The Morgan fingerprint density at radius 1 is 0.375 bits per heavy atom. The minimum Gasteiger partial charge on any atom is -0.456 e. The van der Waals surface area contributed by atoms with Crippen molar-refractivity contribution in [1.29, 1.82) is 0 Å². The Morgan fingerprint density at radius 2 is 1.00 bits per heavy atom. The van der Waals surface area contributed by atoms with Crippen molar-refractivity contribution in [3.63, 3.8) is 0 Å². The summed E-state index contributed by atoms with van der Waals surface area (Å²) >= 11 is 0. The maximum Gasteiger partial charge on any atom is 0.143 e. The number of fused-ring (bicyclic) bond motifs is 11. The maximum atomic E-state index is 6.51. The van der Waals surface area contributed by atoms with Gasteiger partial charge in [-0.2, -0.15) is 0 Å². The first-order valence-corrected chi connectivity index (χ1v) is 19.0. The van der Waals surface area contributed by atoms with E-state index >= 15 is 0 Å². The summed E-state index contributed by atoms with van der Waals surface area (Å²) < 4.78 is 15.3. The molecule has 12 aromatic rings. The van der Waals surface area contributed by atoms with Crippen molar-refractivity contribution < 1.29 is 8.83 Å². The fourth-order valence-electron chi connectivity index (χ4n) is 8.82. The Hall–Kier alpha value is -7.56. The van der Waals surface area contributed by atoms with Gasteiger partial charge in [0.05, 0.1) is 16.7 Å². The van der Waals surface area contributed by atoms with E-state index in [4.69, 9.17) is 8.83 Å². The third-order valence-electron chi connectivity index (χ3n) is 11.4. The summed E-state index contributed by atoms with van der Waals surface area (Å²) in [7, 11) is 0. The van der Waals surface area contributed by atoms with E-state index in [0.717, 1.165) is 83.1 Å². The number of nitrogens with zero attached hydrogens (tertiary/aromatic N) is 2. The summed E-state index contributed by atoms with van der Waals surface area (Å²) in [6.45, 7) is 0. The molecule has 0 aliphatic rings. The van der Waals surface area contributed by atoms with E-state index in [0.29, 0.717) is 0 Å². The zero-order valence-electron chi connectivity index (χ0n) is 30.2. The average Bonchev–Trinajstić information content (AvgIpc) is 3.93. The summed E-state index contributed by atoms with van der Waals surface area (Å²) in [4.78, 5) is 2.35. The lowest BCUT2D eigenvalue weighted by Gasteiger charge is -2.28. The van der Waals surface area contributed by atoms with E-state index < -0.39 is 0 Å². The normalized spacial score (nSPS) is 11.9. The molecule has 0 radical (unpaired) electrons. The zero-order chi connectivity index (χ0) is 36.7. The third-order valence-corrected chi connectivity index (χ3v) is 11.4. The Balaban J connectivity index is 1.05. The Labute approximate surface area is 321 Å². The standard InChI is InChI=1S/C52H32N2O2/c1-2-13-39-33(11-1)21-28-44-45-31-34(22-30-50(45)56-52(39)44)38-12-3-7-17-46(38)53(37-27-29-43-42-16-6-10-20-49(42)55-51(43)32-37)35-23-25-36(26-24-35)54-47-18-8-4-14-40(47)41-15-5-9-19-48(41)54/h1-32H. The topological polar surface area (TPSA) is 34.5 Å². The number of hydrogen-bond acceptors (Lipinski definition) is 3. The van der Waals surface area contributed by atoms with Crippen molar-refractivity contribution in [3.05, 3.63) is 194 Å². The molecule has 0 saturated heterocycles. The predicted molar refractivity (Wildman–Crippen MR) is 233 cm³/mol. The molecule has 0 bridgehead atoms. The van der Waals surface area contributed by atoms with E-state index in [9.17, 15) is 0 Å². The number of rotatable bonds is 5. The molecule has 0 aliphatic heterocycles. The molecule has 0 fully saturated rings. The van der Waals surface area contributed by atoms with Gasteiger partial charge in [0, 0.05) is 66.4 Å². The van der Waals surface area contributed by atoms with Crippen molar-refractivity contribution >= 4 is 93.5 Å². The molecule has 4 heteroatoms. The fourth-order valence-corrected chi connectivity index (χ4v) is 8.82. The molecule has 4 nitrogen and oxygen atoms in total. The molecule has 0 unspecified atom stereocenters. The molecular formula is C52H32N2O2. The average molecular weight is 717 g/mol. The van der Waals surface area contributed by atoms with Gasteiger partial charge in [0.25, 0.3) is 0 Å². The highest BCUT2D eigenvalue weighted by atomic mass is 16.3. The van der Waals surface area contributed by atoms with Crippen LogP contribution in [0.3, 0.4) is 0 Å². The number of hydrogen-bond donors (Lipinski definition) is 0. The Kier molecular flexibility index (Phi) is 6.60. The second-order valence-electron chi connectivity index (χ2n) is 14.5. The third kappa shape index (κ3) is 4.60. The van der Waals surface area contributed by atoms with Gasteiger partial charge >= 0.3 is 0 Å². The van der Waals surface area contributed by atoms with Gasteiger partial charge in [-0.1, -0.05) is 109 Å². The van der Waals surface area contributed by atoms with E-state index in [1.165, 1.54) is 27.2 Å². The highest BCUT2D eigenvalue weighted by Gasteiger charge is 2.21. The molecule has 0 aliphatic carbocycles. The molecule has 0 amide bonds. The van der Waals surface area contributed by atoms with Crippen LogP contribution in [0.25, 0.3) is 93.3 Å². The molecule has 9 aromatic carbocycles. The zero-order valence-corrected chi connectivity index (χ0v) is 30.2. The van der Waals surface area contributed by atoms with Crippen LogP contribution in [0.1, 0.15) is 0 Å². The first-order valence-electron chi connectivity index (χ1n) is 19.0. The molecule has 0 atom stereocenters. The predicted octanol–water partition coefficient (Wildman–Crippen LogP) is 14.9. The molecule has 12 rings (SSSR count). The second-order valence-corrected chi connectivity index (χ2v) is 14.5. The van der Waals surface area contributed by atoms with Crippen LogP contribution in [0.5, 0.6) is 0 Å². The van der Waals surface area contributed by atoms with Gasteiger partial charge in [-0.3, -0.25) is 0 Å². The first kappa shape index (κ1) is 30.9. The van der Waals surface area contributed by atoms with Crippen LogP contribution in [0.2, 0.25) is 0 Å². The maximum absolute atomic E-state index is 6.51. The molecule has 262 valence electrons. The van der Waals surface area contributed by atoms with Crippen molar-refractivity contribution in [2.24, 2.45) is 0 Å². The largest absolute Gasteiger partial charge is 0.456 e. The number of benzene rings is 9. The SMILES string of the molecule is c1ccc(N(c2ccc(-n3c4ccccc4c4ccccc43)cc2)c2ccc3c(c2)oc2ccccc23)c(-c2ccc3oc4c5ccccc5ccc4c3c2)c1. The van der Waals surface area contributed by atoms with E-state index in [1.807, 2.05) is 12.1 Å². The highest BCUT2D eigenvalue weighted by molar-refractivity contribution is 6.16. The van der Waals surface area contributed by atoms with Gasteiger partial charge in [-0.05, 0) is 89.8 Å². The minimum atomic E-state index is 0.853. The molecule has 0 saturated carbocycles. The molecule has 3 aromatic heterocycles. The van der Waals surface area contributed by atoms with Crippen LogP contribution in [0.15, 0.2) is 203 Å². The van der Waals surface area contributed by atoms with Crippen LogP contribution in [-0.4, -0.2) is 4.57 Å². The van der Waals surface area contributed by atoms with Gasteiger partial charge in [-0.25, -0.2) is 0 Å². The smallest absolute Gasteiger partial charge is 0.143 e. The van der Waals surface area contributed by atoms with Gasteiger partial charge in [0.2, 0.25) is 0 Å². The molecular weight excluding hydrogens is 685 g/mol. The number of aromatic nitrogens is 1. The summed E-state index contributed by atoms with van der Waals surface area (Å²) in [6.07, 6.45) is 0. The monoisotopic (exact) mass is 716 g/mol. The van der Waals surface area contributed by atoms with E-state index in [-0.39, 0.29) is 0 Å². The molecule has 3 heterocycles. The van der Waals surface area contributed by atoms with Crippen molar-refractivity contribution in [1.82, 2.24) is 4.57 Å². The van der Waals surface area contributed by atoms with Gasteiger partial charge in [0.1, 0.15) is 22.3 Å². The number of anilines is 3. The van der Waals surface area contributed by atoms with Crippen LogP contribution >= 0.6 is 0 Å². The number of para-hydroxylation sites is 4.